The highest BCUT2D eigenvalue weighted by Gasteiger charge is 2.11. The molecule has 0 aliphatic carbocycles. The normalized spacial score (nSPS) is 10.5. The Morgan fingerprint density at radius 1 is 1.38 bits per heavy atom. The summed E-state index contributed by atoms with van der Waals surface area (Å²) in [6.07, 6.45) is 1.49. The lowest BCUT2D eigenvalue weighted by molar-refractivity contribution is 0.154. The molecule has 0 spiro atoms. The van der Waals surface area contributed by atoms with E-state index < -0.39 is 0 Å². The SMILES string of the molecule is CCOCCN(CC)c1ncnc(Cl)c1C. The molecule has 16 heavy (non-hydrogen) atoms. The molecule has 0 aliphatic heterocycles. The van der Waals surface area contributed by atoms with Gasteiger partial charge in [-0.2, -0.15) is 0 Å². The van der Waals surface area contributed by atoms with Gasteiger partial charge < -0.3 is 9.64 Å². The fourth-order valence-electron chi connectivity index (χ4n) is 1.47. The molecule has 90 valence electrons. The maximum atomic E-state index is 5.97. The van der Waals surface area contributed by atoms with Crippen molar-refractivity contribution < 1.29 is 4.74 Å². The summed E-state index contributed by atoms with van der Waals surface area (Å²) in [5.41, 5.74) is 0.919. The van der Waals surface area contributed by atoms with E-state index >= 15 is 0 Å². The molecular formula is C11H18ClN3O. The van der Waals surface area contributed by atoms with Gasteiger partial charge in [0, 0.05) is 25.3 Å². The van der Waals surface area contributed by atoms with Gasteiger partial charge >= 0.3 is 0 Å². The summed E-state index contributed by atoms with van der Waals surface area (Å²) in [7, 11) is 0. The molecule has 1 aromatic heterocycles. The number of likely N-dealkylation sites (N-methyl/N-ethyl adjacent to an activating group) is 1. The zero-order chi connectivity index (χ0) is 12.0. The third-order valence-electron chi connectivity index (χ3n) is 2.39. The maximum absolute atomic E-state index is 5.97. The van der Waals surface area contributed by atoms with E-state index in [-0.39, 0.29) is 0 Å². The molecule has 1 aromatic rings. The molecule has 0 saturated heterocycles. The van der Waals surface area contributed by atoms with Crippen molar-refractivity contribution in [1.82, 2.24) is 9.97 Å². The zero-order valence-corrected chi connectivity index (χ0v) is 10.8. The van der Waals surface area contributed by atoms with E-state index in [9.17, 15) is 0 Å². The molecule has 0 amide bonds. The Bertz CT molecular complexity index is 333. The smallest absolute Gasteiger partial charge is 0.137 e. The van der Waals surface area contributed by atoms with Crippen LogP contribution < -0.4 is 4.90 Å². The number of halogens is 1. The molecule has 0 bridgehead atoms. The molecule has 0 fully saturated rings. The molecule has 0 aliphatic rings. The average Bonchev–Trinajstić information content (AvgIpc) is 2.29. The average molecular weight is 244 g/mol. The minimum absolute atomic E-state index is 0.514. The van der Waals surface area contributed by atoms with Crippen LogP contribution in [0.2, 0.25) is 5.15 Å². The van der Waals surface area contributed by atoms with Gasteiger partial charge in [0.2, 0.25) is 0 Å². The second-order valence-corrected chi connectivity index (χ2v) is 3.75. The van der Waals surface area contributed by atoms with E-state index in [2.05, 4.69) is 21.8 Å². The topological polar surface area (TPSA) is 38.2 Å². The molecule has 1 rings (SSSR count). The summed E-state index contributed by atoms with van der Waals surface area (Å²) in [4.78, 5) is 10.4. The minimum Gasteiger partial charge on any atom is -0.380 e. The lowest BCUT2D eigenvalue weighted by Crippen LogP contribution is -2.28. The van der Waals surface area contributed by atoms with E-state index in [1.165, 1.54) is 6.33 Å². The molecule has 4 nitrogen and oxygen atoms in total. The Kier molecular flexibility index (Phi) is 5.49. The van der Waals surface area contributed by atoms with Crippen LogP contribution in [0.1, 0.15) is 19.4 Å². The van der Waals surface area contributed by atoms with E-state index in [1.807, 2.05) is 13.8 Å². The highest BCUT2D eigenvalue weighted by Crippen LogP contribution is 2.21. The van der Waals surface area contributed by atoms with E-state index in [0.717, 1.165) is 31.1 Å². The number of ether oxygens (including phenoxy) is 1. The quantitative estimate of drug-likeness (QED) is 0.568. The Morgan fingerprint density at radius 2 is 2.12 bits per heavy atom. The highest BCUT2D eigenvalue weighted by molar-refractivity contribution is 6.30. The van der Waals surface area contributed by atoms with Crippen LogP contribution in [0.3, 0.4) is 0 Å². The fraction of sp³-hybridized carbons (Fsp3) is 0.636. The van der Waals surface area contributed by atoms with Crippen LogP contribution in [0.15, 0.2) is 6.33 Å². The number of hydrogen-bond donors (Lipinski definition) is 0. The van der Waals surface area contributed by atoms with Gasteiger partial charge in [-0.25, -0.2) is 9.97 Å². The fourth-order valence-corrected chi connectivity index (χ4v) is 1.60. The molecular weight excluding hydrogens is 226 g/mol. The van der Waals surface area contributed by atoms with Gasteiger partial charge in [0.1, 0.15) is 17.3 Å². The van der Waals surface area contributed by atoms with Crippen molar-refractivity contribution in [2.45, 2.75) is 20.8 Å². The number of aromatic nitrogens is 2. The molecule has 0 unspecified atom stereocenters. The summed E-state index contributed by atoms with van der Waals surface area (Å²) >= 11 is 5.97. The number of anilines is 1. The third kappa shape index (κ3) is 3.32. The first-order chi connectivity index (χ1) is 7.70. The Morgan fingerprint density at radius 3 is 2.75 bits per heavy atom. The molecule has 1 heterocycles. The lowest BCUT2D eigenvalue weighted by atomic mass is 10.3. The van der Waals surface area contributed by atoms with Gasteiger partial charge in [0.05, 0.1) is 6.61 Å². The lowest BCUT2D eigenvalue weighted by Gasteiger charge is -2.23. The van der Waals surface area contributed by atoms with Crippen molar-refractivity contribution in [3.05, 3.63) is 17.0 Å². The standard InChI is InChI=1S/C11H18ClN3O/c1-4-15(6-7-16-5-2)11-9(3)10(12)13-8-14-11/h8H,4-7H2,1-3H3. The Labute approximate surface area is 102 Å². The maximum Gasteiger partial charge on any atom is 0.137 e. The van der Waals surface area contributed by atoms with Gasteiger partial charge in [0.25, 0.3) is 0 Å². The van der Waals surface area contributed by atoms with Crippen molar-refractivity contribution in [1.29, 1.82) is 0 Å². The molecule has 0 atom stereocenters. The van der Waals surface area contributed by atoms with Gasteiger partial charge in [-0.1, -0.05) is 11.6 Å². The number of nitrogens with zero attached hydrogens (tertiary/aromatic N) is 3. The first-order valence-corrected chi connectivity index (χ1v) is 5.88. The van der Waals surface area contributed by atoms with Crippen LogP contribution >= 0.6 is 11.6 Å². The van der Waals surface area contributed by atoms with Gasteiger partial charge in [-0.3, -0.25) is 0 Å². The van der Waals surface area contributed by atoms with Crippen LogP contribution in [0.5, 0.6) is 0 Å². The predicted octanol–water partition coefficient (Wildman–Crippen LogP) is 2.30. The van der Waals surface area contributed by atoms with Crippen LogP contribution in [0.25, 0.3) is 0 Å². The molecule has 0 aromatic carbocycles. The highest BCUT2D eigenvalue weighted by atomic mass is 35.5. The van der Waals surface area contributed by atoms with Crippen LogP contribution in [-0.2, 0) is 4.74 Å². The van der Waals surface area contributed by atoms with Gasteiger partial charge in [0.15, 0.2) is 0 Å². The number of hydrogen-bond acceptors (Lipinski definition) is 4. The first kappa shape index (κ1) is 13.2. The largest absolute Gasteiger partial charge is 0.380 e. The molecule has 0 N–H and O–H groups in total. The van der Waals surface area contributed by atoms with Crippen molar-refractivity contribution in [2.24, 2.45) is 0 Å². The summed E-state index contributed by atoms with van der Waals surface area (Å²) in [6.45, 7) is 9.14. The van der Waals surface area contributed by atoms with Gasteiger partial charge in [-0.05, 0) is 20.8 Å². The summed E-state index contributed by atoms with van der Waals surface area (Å²) in [5.74, 6) is 0.891. The van der Waals surface area contributed by atoms with Crippen LogP contribution in [-0.4, -0.2) is 36.3 Å². The predicted molar refractivity (Wildman–Crippen MR) is 66.2 cm³/mol. The first-order valence-electron chi connectivity index (χ1n) is 5.50. The van der Waals surface area contributed by atoms with Crippen molar-refractivity contribution in [2.75, 3.05) is 31.2 Å². The van der Waals surface area contributed by atoms with Crippen LogP contribution in [0, 0.1) is 6.92 Å². The van der Waals surface area contributed by atoms with Crippen LogP contribution in [0.4, 0.5) is 5.82 Å². The molecule has 0 radical (unpaired) electrons. The summed E-state index contributed by atoms with van der Waals surface area (Å²) in [6, 6.07) is 0. The van der Waals surface area contributed by atoms with Crippen molar-refractivity contribution in [3.8, 4) is 0 Å². The van der Waals surface area contributed by atoms with E-state index in [1.54, 1.807) is 0 Å². The minimum atomic E-state index is 0.514. The summed E-state index contributed by atoms with van der Waals surface area (Å²) < 4.78 is 5.34. The zero-order valence-electron chi connectivity index (χ0n) is 10.0. The van der Waals surface area contributed by atoms with Crippen molar-refractivity contribution >= 4 is 17.4 Å². The van der Waals surface area contributed by atoms with Gasteiger partial charge in [-0.15, -0.1) is 0 Å². The Balaban J connectivity index is 2.74. The van der Waals surface area contributed by atoms with E-state index in [0.29, 0.717) is 11.8 Å². The summed E-state index contributed by atoms with van der Waals surface area (Å²) in [5, 5.41) is 0.514. The molecule has 0 saturated carbocycles. The third-order valence-corrected chi connectivity index (χ3v) is 2.77. The Hall–Kier alpha value is -0.870. The van der Waals surface area contributed by atoms with E-state index in [4.69, 9.17) is 16.3 Å². The second kappa shape index (κ2) is 6.66. The second-order valence-electron chi connectivity index (χ2n) is 3.39. The van der Waals surface area contributed by atoms with Crippen molar-refractivity contribution in [3.63, 3.8) is 0 Å². The monoisotopic (exact) mass is 243 g/mol. The number of rotatable bonds is 6. The molecule has 5 heteroatoms.